The topological polar surface area (TPSA) is 16.1 Å². The molecule has 2 rings (SSSR count). The number of hydrogen-bond acceptors (Lipinski definition) is 2. The van der Waals surface area contributed by atoms with E-state index < -0.39 is 0 Å². The van der Waals surface area contributed by atoms with Crippen molar-refractivity contribution in [3.05, 3.63) is 52.8 Å². The van der Waals surface area contributed by atoms with Gasteiger partial charge in [0.2, 0.25) is 0 Å². The molecule has 1 heterocycles. The molecule has 0 unspecified atom stereocenters. The maximum atomic E-state index is 4.88. The summed E-state index contributed by atoms with van der Waals surface area (Å²) < 4.78 is 0. The van der Waals surface area contributed by atoms with Gasteiger partial charge in [-0.05, 0) is 51.1 Å². The molecule has 2 heteroatoms. The lowest BCUT2D eigenvalue weighted by Gasteiger charge is -2.19. The van der Waals surface area contributed by atoms with E-state index in [1.165, 1.54) is 27.9 Å². The lowest BCUT2D eigenvalue weighted by atomic mass is 9.93. The van der Waals surface area contributed by atoms with E-state index in [1.54, 1.807) is 0 Å². The second-order valence-electron chi connectivity index (χ2n) is 5.58. The van der Waals surface area contributed by atoms with E-state index in [0.717, 1.165) is 18.7 Å². The molecule has 0 saturated carbocycles. The van der Waals surface area contributed by atoms with Gasteiger partial charge in [0.15, 0.2) is 0 Å². The highest BCUT2D eigenvalue weighted by Crippen LogP contribution is 2.30. The predicted molar refractivity (Wildman–Crippen MR) is 85.9 cm³/mol. The van der Waals surface area contributed by atoms with Crippen LogP contribution in [0, 0.1) is 13.8 Å². The van der Waals surface area contributed by atoms with Crippen molar-refractivity contribution in [3.8, 4) is 11.1 Å². The van der Waals surface area contributed by atoms with Crippen LogP contribution < -0.4 is 0 Å². The first-order valence-electron chi connectivity index (χ1n) is 7.23. The first-order valence-corrected chi connectivity index (χ1v) is 7.23. The van der Waals surface area contributed by atoms with Gasteiger partial charge < -0.3 is 4.90 Å². The van der Waals surface area contributed by atoms with Crippen molar-refractivity contribution in [1.29, 1.82) is 0 Å². The van der Waals surface area contributed by atoms with Crippen molar-refractivity contribution < 1.29 is 0 Å². The quantitative estimate of drug-likeness (QED) is 0.833. The summed E-state index contributed by atoms with van der Waals surface area (Å²) in [5.74, 6) is 0. The Kier molecular flexibility index (Phi) is 4.56. The van der Waals surface area contributed by atoms with Crippen LogP contribution in [0.3, 0.4) is 0 Å². The number of nitrogens with zero attached hydrogens (tertiary/aromatic N) is 2. The van der Waals surface area contributed by atoms with Gasteiger partial charge in [-0.25, -0.2) is 0 Å². The van der Waals surface area contributed by atoms with E-state index in [-0.39, 0.29) is 0 Å². The zero-order valence-electron chi connectivity index (χ0n) is 13.2. The molecule has 0 saturated heterocycles. The van der Waals surface area contributed by atoms with Crippen molar-refractivity contribution in [2.75, 3.05) is 14.1 Å². The van der Waals surface area contributed by atoms with Gasteiger partial charge in [0.05, 0.1) is 5.69 Å². The molecule has 0 bridgehead atoms. The zero-order chi connectivity index (χ0) is 14.7. The molecular formula is C18H24N2. The summed E-state index contributed by atoms with van der Waals surface area (Å²) in [6, 6.07) is 10.6. The third-order valence-electron chi connectivity index (χ3n) is 3.72. The highest BCUT2D eigenvalue weighted by molar-refractivity contribution is 5.71. The van der Waals surface area contributed by atoms with Gasteiger partial charge in [0.1, 0.15) is 0 Å². The minimum Gasteiger partial charge on any atom is -0.304 e. The van der Waals surface area contributed by atoms with Gasteiger partial charge in [0, 0.05) is 17.8 Å². The van der Waals surface area contributed by atoms with Crippen molar-refractivity contribution in [2.24, 2.45) is 0 Å². The number of hydrogen-bond donors (Lipinski definition) is 0. The molecule has 0 radical (unpaired) electrons. The summed E-state index contributed by atoms with van der Waals surface area (Å²) >= 11 is 0. The van der Waals surface area contributed by atoms with Crippen LogP contribution in [-0.2, 0) is 13.0 Å². The van der Waals surface area contributed by atoms with E-state index in [4.69, 9.17) is 4.98 Å². The molecule has 2 nitrogen and oxygen atoms in total. The lowest BCUT2D eigenvalue weighted by Crippen LogP contribution is -2.15. The standard InChI is InChI=1S/C18H24N2/c1-6-16-13(2)18(15-10-8-7-9-11-15)14(3)19-17(16)12-20(4)5/h7-11H,6,12H2,1-5H3. The normalized spacial score (nSPS) is 11.1. The maximum Gasteiger partial charge on any atom is 0.0581 e. The SMILES string of the molecule is CCc1c(CN(C)C)nc(C)c(-c2ccccc2)c1C. The van der Waals surface area contributed by atoms with Gasteiger partial charge >= 0.3 is 0 Å². The third-order valence-corrected chi connectivity index (χ3v) is 3.72. The van der Waals surface area contributed by atoms with Crippen LogP contribution in [0.1, 0.15) is 29.4 Å². The van der Waals surface area contributed by atoms with Crippen molar-refractivity contribution >= 4 is 0 Å². The summed E-state index contributed by atoms with van der Waals surface area (Å²) in [5, 5.41) is 0. The number of pyridine rings is 1. The molecule has 0 N–H and O–H groups in total. The molecule has 106 valence electrons. The second-order valence-corrected chi connectivity index (χ2v) is 5.58. The number of benzene rings is 1. The van der Waals surface area contributed by atoms with Gasteiger partial charge in [-0.3, -0.25) is 4.98 Å². The Labute approximate surface area is 122 Å². The molecular weight excluding hydrogens is 244 g/mol. The first-order chi connectivity index (χ1) is 9.54. The smallest absolute Gasteiger partial charge is 0.0581 e. The van der Waals surface area contributed by atoms with E-state index in [9.17, 15) is 0 Å². The average Bonchev–Trinajstić information content (AvgIpc) is 2.39. The first kappa shape index (κ1) is 14.7. The molecule has 20 heavy (non-hydrogen) atoms. The number of aromatic nitrogens is 1. The molecule has 2 aromatic rings. The van der Waals surface area contributed by atoms with Crippen LogP contribution in [0.25, 0.3) is 11.1 Å². The van der Waals surface area contributed by atoms with Crippen LogP contribution in [0.15, 0.2) is 30.3 Å². The Morgan fingerprint density at radius 3 is 2.25 bits per heavy atom. The zero-order valence-corrected chi connectivity index (χ0v) is 13.2. The predicted octanol–water partition coefficient (Wildman–Crippen LogP) is 3.99. The third kappa shape index (κ3) is 2.91. The molecule has 0 aliphatic heterocycles. The van der Waals surface area contributed by atoms with E-state index >= 15 is 0 Å². The summed E-state index contributed by atoms with van der Waals surface area (Å²) in [7, 11) is 4.19. The summed E-state index contributed by atoms with van der Waals surface area (Å²) in [5.41, 5.74) is 7.67. The van der Waals surface area contributed by atoms with E-state index in [0.29, 0.717) is 0 Å². The Hall–Kier alpha value is -1.67. The Morgan fingerprint density at radius 1 is 1.05 bits per heavy atom. The van der Waals surface area contributed by atoms with Crippen molar-refractivity contribution in [2.45, 2.75) is 33.7 Å². The number of aryl methyl sites for hydroxylation is 1. The van der Waals surface area contributed by atoms with Crippen LogP contribution in [0.5, 0.6) is 0 Å². The van der Waals surface area contributed by atoms with E-state index in [1.807, 2.05) is 0 Å². The fourth-order valence-corrected chi connectivity index (χ4v) is 2.89. The lowest BCUT2D eigenvalue weighted by molar-refractivity contribution is 0.394. The fourth-order valence-electron chi connectivity index (χ4n) is 2.89. The summed E-state index contributed by atoms with van der Waals surface area (Å²) in [6.07, 6.45) is 1.03. The summed E-state index contributed by atoms with van der Waals surface area (Å²) in [6.45, 7) is 7.47. The van der Waals surface area contributed by atoms with Crippen molar-refractivity contribution in [3.63, 3.8) is 0 Å². The van der Waals surface area contributed by atoms with Gasteiger partial charge in [-0.2, -0.15) is 0 Å². The fraction of sp³-hybridized carbons (Fsp3) is 0.389. The second kappa shape index (κ2) is 6.19. The Bertz CT molecular complexity index is 586. The number of rotatable bonds is 4. The molecule has 0 aliphatic carbocycles. The molecule has 0 aliphatic rings. The average molecular weight is 268 g/mol. The molecule has 1 aromatic heterocycles. The van der Waals surface area contributed by atoms with Crippen LogP contribution >= 0.6 is 0 Å². The maximum absolute atomic E-state index is 4.88. The van der Waals surface area contributed by atoms with Crippen LogP contribution in [-0.4, -0.2) is 24.0 Å². The molecule has 0 fully saturated rings. The van der Waals surface area contributed by atoms with Gasteiger partial charge in [0.25, 0.3) is 0 Å². The van der Waals surface area contributed by atoms with Gasteiger partial charge in [-0.1, -0.05) is 37.3 Å². The Morgan fingerprint density at radius 2 is 1.70 bits per heavy atom. The molecule has 1 aromatic carbocycles. The molecule has 0 amide bonds. The molecule has 0 atom stereocenters. The van der Waals surface area contributed by atoms with Crippen LogP contribution in [0.4, 0.5) is 0 Å². The minimum atomic E-state index is 0.903. The van der Waals surface area contributed by atoms with E-state index in [2.05, 4.69) is 70.1 Å². The van der Waals surface area contributed by atoms with Gasteiger partial charge in [-0.15, -0.1) is 0 Å². The monoisotopic (exact) mass is 268 g/mol. The van der Waals surface area contributed by atoms with Crippen LogP contribution in [0.2, 0.25) is 0 Å². The summed E-state index contributed by atoms with van der Waals surface area (Å²) in [4.78, 5) is 7.06. The minimum absolute atomic E-state index is 0.903. The Balaban J connectivity index is 2.61. The van der Waals surface area contributed by atoms with Crippen molar-refractivity contribution in [1.82, 2.24) is 9.88 Å². The highest BCUT2D eigenvalue weighted by atomic mass is 15.1. The largest absolute Gasteiger partial charge is 0.304 e. The highest BCUT2D eigenvalue weighted by Gasteiger charge is 2.15. The molecule has 0 spiro atoms.